The molecule has 1 heterocycles. The molecule has 2 N–H and O–H groups in total. The summed E-state index contributed by atoms with van der Waals surface area (Å²) in [5.74, 6) is 0.289. The molecule has 3 aromatic rings. The fraction of sp³-hybridized carbons (Fsp3) is 0.150. The number of nitrogens with one attached hydrogen (secondary N) is 2. The van der Waals surface area contributed by atoms with E-state index in [9.17, 15) is 13.2 Å². The predicted octanol–water partition coefficient (Wildman–Crippen LogP) is 2.94. The van der Waals surface area contributed by atoms with Gasteiger partial charge in [-0.1, -0.05) is 6.07 Å². The molecule has 10 heteroatoms. The van der Waals surface area contributed by atoms with Crippen LogP contribution in [0, 0.1) is 0 Å². The Morgan fingerprint density at radius 2 is 1.80 bits per heavy atom. The Morgan fingerprint density at radius 1 is 1.07 bits per heavy atom. The number of benzene rings is 2. The number of hydrogen-bond donors (Lipinski definition) is 2. The van der Waals surface area contributed by atoms with Gasteiger partial charge in [0.05, 0.1) is 18.6 Å². The molecule has 0 radical (unpaired) electrons. The second-order valence-corrected chi connectivity index (χ2v) is 7.64. The lowest BCUT2D eigenvalue weighted by Crippen LogP contribution is -2.15. The number of anilines is 2. The van der Waals surface area contributed by atoms with Crippen molar-refractivity contribution in [3.63, 3.8) is 0 Å². The van der Waals surface area contributed by atoms with Crippen molar-refractivity contribution in [1.82, 2.24) is 9.97 Å². The molecule has 2 aromatic carbocycles. The van der Waals surface area contributed by atoms with Gasteiger partial charge in [-0.05, 0) is 49.4 Å². The minimum absolute atomic E-state index is 0.00783. The minimum atomic E-state index is -3.92. The minimum Gasteiger partial charge on any atom is -0.494 e. The lowest BCUT2D eigenvalue weighted by molar-refractivity contribution is 0.102. The van der Waals surface area contributed by atoms with Crippen molar-refractivity contribution in [2.24, 2.45) is 0 Å². The van der Waals surface area contributed by atoms with Gasteiger partial charge in [-0.2, -0.15) is 0 Å². The van der Waals surface area contributed by atoms with Crippen LogP contribution in [-0.4, -0.2) is 38.0 Å². The first-order valence-corrected chi connectivity index (χ1v) is 10.4. The molecule has 9 nitrogen and oxygen atoms in total. The van der Waals surface area contributed by atoms with Gasteiger partial charge in [-0.25, -0.2) is 18.4 Å². The van der Waals surface area contributed by atoms with Gasteiger partial charge >= 0.3 is 0 Å². The van der Waals surface area contributed by atoms with E-state index in [2.05, 4.69) is 20.0 Å². The zero-order valence-corrected chi connectivity index (χ0v) is 17.1. The molecule has 0 bridgehead atoms. The molecule has 0 saturated carbocycles. The smallest absolute Gasteiger partial charge is 0.263 e. The molecule has 3 rings (SSSR count). The molecule has 0 spiro atoms. The molecule has 156 valence electrons. The maximum atomic E-state index is 12.6. The van der Waals surface area contributed by atoms with Gasteiger partial charge in [0, 0.05) is 23.6 Å². The first-order valence-electron chi connectivity index (χ1n) is 8.95. The highest BCUT2D eigenvalue weighted by atomic mass is 32.2. The highest BCUT2D eigenvalue weighted by Gasteiger charge is 2.18. The molecule has 0 aliphatic rings. The van der Waals surface area contributed by atoms with Crippen LogP contribution in [0.15, 0.2) is 65.8 Å². The Bertz CT molecular complexity index is 1130. The van der Waals surface area contributed by atoms with Crippen molar-refractivity contribution < 1.29 is 22.7 Å². The maximum absolute atomic E-state index is 12.6. The van der Waals surface area contributed by atoms with Crippen LogP contribution in [-0.2, 0) is 10.0 Å². The topological polar surface area (TPSA) is 120 Å². The molecule has 0 saturated heterocycles. The number of nitrogens with zero attached hydrogens (tertiary/aromatic N) is 2. The van der Waals surface area contributed by atoms with Crippen LogP contribution in [0.1, 0.15) is 17.3 Å². The summed E-state index contributed by atoms with van der Waals surface area (Å²) in [5, 5.41) is 2.72. The third-order valence-electron chi connectivity index (χ3n) is 3.92. The fourth-order valence-corrected chi connectivity index (χ4v) is 3.55. The number of hydrogen-bond acceptors (Lipinski definition) is 7. The zero-order chi connectivity index (χ0) is 21.6. The van der Waals surface area contributed by atoms with Crippen LogP contribution in [0.4, 0.5) is 11.5 Å². The summed E-state index contributed by atoms with van der Waals surface area (Å²) in [5.41, 5.74) is 0.868. The van der Waals surface area contributed by atoms with Crippen molar-refractivity contribution in [3.8, 4) is 11.6 Å². The first kappa shape index (κ1) is 21.1. The average Bonchev–Trinajstić information content (AvgIpc) is 2.75. The summed E-state index contributed by atoms with van der Waals surface area (Å²) in [6, 6.07) is 12.5. The third kappa shape index (κ3) is 5.03. The second-order valence-electron chi connectivity index (χ2n) is 5.96. The summed E-state index contributed by atoms with van der Waals surface area (Å²) in [4.78, 5) is 20.3. The Labute approximate surface area is 174 Å². The predicted molar refractivity (Wildman–Crippen MR) is 111 cm³/mol. The average molecular weight is 428 g/mol. The van der Waals surface area contributed by atoms with Crippen molar-refractivity contribution in [2.45, 2.75) is 11.8 Å². The van der Waals surface area contributed by atoms with Crippen molar-refractivity contribution in [2.75, 3.05) is 23.8 Å². The number of amides is 1. The molecule has 0 aliphatic carbocycles. The molecule has 0 fully saturated rings. The molecule has 0 aliphatic heterocycles. The van der Waals surface area contributed by atoms with Crippen molar-refractivity contribution >= 4 is 27.4 Å². The van der Waals surface area contributed by atoms with Crippen LogP contribution in [0.2, 0.25) is 0 Å². The van der Waals surface area contributed by atoms with E-state index < -0.39 is 10.0 Å². The molecule has 1 amide bonds. The number of rotatable bonds is 8. The summed E-state index contributed by atoms with van der Waals surface area (Å²) < 4.78 is 37.9. The molecule has 1 aromatic heterocycles. The molecular weight excluding hydrogens is 408 g/mol. The number of carbonyl (C=O) groups excluding carboxylic acids is 1. The van der Waals surface area contributed by atoms with Gasteiger partial charge in [0.25, 0.3) is 21.8 Å². The van der Waals surface area contributed by atoms with Crippen LogP contribution >= 0.6 is 0 Å². The molecule has 0 atom stereocenters. The van der Waals surface area contributed by atoms with Gasteiger partial charge in [0.1, 0.15) is 5.75 Å². The SMILES string of the molecule is CCOc1cccc(C(=O)Nc2ccc(S(=O)(=O)Nc3nccnc3OC)cc2)c1. The third-order valence-corrected chi connectivity index (χ3v) is 5.27. The van der Waals surface area contributed by atoms with E-state index in [4.69, 9.17) is 9.47 Å². The number of sulfonamides is 1. The summed E-state index contributed by atoms with van der Waals surface area (Å²) in [7, 11) is -2.55. The highest BCUT2D eigenvalue weighted by Crippen LogP contribution is 2.22. The van der Waals surface area contributed by atoms with Crippen LogP contribution in [0.3, 0.4) is 0 Å². The van der Waals surface area contributed by atoms with E-state index in [0.29, 0.717) is 23.6 Å². The maximum Gasteiger partial charge on any atom is 0.263 e. The standard InChI is InChI=1S/C20H20N4O5S/c1-3-29-16-6-4-5-14(13-16)19(25)23-15-7-9-17(10-8-15)30(26,27)24-18-20(28-2)22-12-11-21-18/h4-13H,3H2,1-2H3,(H,21,24)(H,23,25). The van der Waals surface area contributed by atoms with Gasteiger partial charge in [-0.3, -0.25) is 9.52 Å². The van der Waals surface area contributed by atoms with Crippen molar-refractivity contribution in [1.29, 1.82) is 0 Å². The Morgan fingerprint density at radius 3 is 2.50 bits per heavy atom. The van der Waals surface area contributed by atoms with E-state index in [0.717, 1.165) is 0 Å². The fourth-order valence-electron chi connectivity index (χ4n) is 2.55. The summed E-state index contributed by atoms with van der Waals surface area (Å²) >= 11 is 0. The normalized spacial score (nSPS) is 10.9. The number of carbonyl (C=O) groups is 1. The van der Waals surface area contributed by atoms with Gasteiger partial charge in [0.15, 0.2) is 0 Å². The summed E-state index contributed by atoms with van der Waals surface area (Å²) in [6.07, 6.45) is 2.73. The van der Waals surface area contributed by atoms with Crippen molar-refractivity contribution in [3.05, 3.63) is 66.5 Å². The van der Waals surface area contributed by atoms with Gasteiger partial charge in [0.2, 0.25) is 5.82 Å². The first-order chi connectivity index (χ1) is 14.4. The number of methoxy groups -OCH3 is 1. The molecular formula is C20H20N4O5S. The Balaban J connectivity index is 1.72. The number of ether oxygens (including phenoxy) is 2. The van der Waals surface area contributed by atoms with E-state index in [-0.39, 0.29) is 22.5 Å². The lowest BCUT2D eigenvalue weighted by Gasteiger charge is -2.11. The lowest BCUT2D eigenvalue weighted by atomic mass is 10.2. The van der Waals surface area contributed by atoms with Crippen LogP contribution < -0.4 is 19.5 Å². The Hall–Kier alpha value is -3.66. The number of aromatic nitrogens is 2. The van der Waals surface area contributed by atoms with Crippen LogP contribution in [0.5, 0.6) is 11.6 Å². The van der Waals surface area contributed by atoms with Gasteiger partial charge < -0.3 is 14.8 Å². The van der Waals surface area contributed by atoms with E-state index in [1.807, 2.05) is 6.92 Å². The molecule has 30 heavy (non-hydrogen) atoms. The van der Waals surface area contributed by atoms with Gasteiger partial charge in [-0.15, -0.1) is 0 Å². The van der Waals surface area contributed by atoms with E-state index in [1.54, 1.807) is 24.3 Å². The monoisotopic (exact) mass is 428 g/mol. The summed E-state index contributed by atoms with van der Waals surface area (Å²) in [6.45, 7) is 2.35. The quantitative estimate of drug-likeness (QED) is 0.566. The zero-order valence-electron chi connectivity index (χ0n) is 16.3. The second kappa shape index (κ2) is 9.23. The van der Waals surface area contributed by atoms with E-state index >= 15 is 0 Å². The van der Waals surface area contributed by atoms with E-state index in [1.165, 1.54) is 43.8 Å². The molecule has 0 unspecified atom stereocenters. The van der Waals surface area contributed by atoms with Crippen LogP contribution in [0.25, 0.3) is 0 Å². The Kier molecular flexibility index (Phi) is 6.48. The highest BCUT2D eigenvalue weighted by molar-refractivity contribution is 7.92. The largest absolute Gasteiger partial charge is 0.494 e.